The van der Waals surface area contributed by atoms with Crippen LogP contribution in [-0.2, 0) is 11.3 Å². The fraction of sp³-hybridized carbons (Fsp3) is 0.381. The zero-order chi connectivity index (χ0) is 17.1. The molecule has 0 aromatic heterocycles. The number of aryl methyl sites for hydroxylation is 2. The molecule has 1 N–H and O–H groups in total. The van der Waals surface area contributed by atoms with Gasteiger partial charge >= 0.3 is 5.97 Å². The van der Waals surface area contributed by atoms with E-state index in [0.29, 0.717) is 0 Å². The summed E-state index contributed by atoms with van der Waals surface area (Å²) in [6, 6.07) is 15.4. The highest BCUT2D eigenvalue weighted by atomic mass is 16.4. The Morgan fingerprint density at radius 2 is 1.58 bits per heavy atom. The Morgan fingerprint density at radius 1 is 1.00 bits per heavy atom. The molecule has 1 aliphatic heterocycles. The summed E-state index contributed by atoms with van der Waals surface area (Å²) < 4.78 is 0. The monoisotopic (exact) mass is 323 g/mol. The summed E-state index contributed by atoms with van der Waals surface area (Å²) in [6.45, 7) is 6.91. The third kappa shape index (κ3) is 4.04. The van der Waals surface area contributed by atoms with Crippen LogP contribution in [0, 0.1) is 19.8 Å². The van der Waals surface area contributed by atoms with Crippen LogP contribution in [0.4, 0.5) is 0 Å². The quantitative estimate of drug-likeness (QED) is 0.913. The van der Waals surface area contributed by atoms with Gasteiger partial charge < -0.3 is 5.11 Å². The van der Waals surface area contributed by atoms with Crippen molar-refractivity contribution in [3.8, 4) is 11.1 Å². The number of benzene rings is 2. The first-order chi connectivity index (χ1) is 11.5. The number of piperidine rings is 1. The zero-order valence-corrected chi connectivity index (χ0v) is 14.5. The van der Waals surface area contributed by atoms with Crippen LogP contribution < -0.4 is 0 Å². The molecule has 1 fully saturated rings. The maximum absolute atomic E-state index is 11.0. The SMILES string of the molecule is Cc1cc(C)cc(-c2ccc(CN3CCC(C(=O)O)CC3)cc2)c1. The number of carbonyl (C=O) groups is 1. The van der Waals surface area contributed by atoms with Gasteiger partial charge in [0.2, 0.25) is 0 Å². The highest BCUT2D eigenvalue weighted by Gasteiger charge is 2.24. The van der Waals surface area contributed by atoms with Crippen LogP contribution in [0.3, 0.4) is 0 Å². The molecule has 0 atom stereocenters. The van der Waals surface area contributed by atoms with Crippen molar-refractivity contribution in [1.29, 1.82) is 0 Å². The molecule has 24 heavy (non-hydrogen) atoms. The lowest BCUT2D eigenvalue weighted by Crippen LogP contribution is -2.35. The largest absolute Gasteiger partial charge is 0.481 e. The van der Waals surface area contributed by atoms with Gasteiger partial charge in [-0.3, -0.25) is 9.69 Å². The molecule has 3 rings (SSSR count). The van der Waals surface area contributed by atoms with Gasteiger partial charge in [-0.1, -0.05) is 53.6 Å². The smallest absolute Gasteiger partial charge is 0.306 e. The summed E-state index contributed by atoms with van der Waals surface area (Å²) in [5.41, 5.74) is 6.37. The van der Waals surface area contributed by atoms with Gasteiger partial charge in [0.05, 0.1) is 5.92 Å². The van der Waals surface area contributed by atoms with Crippen molar-refractivity contribution in [1.82, 2.24) is 4.90 Å². The summed E-state index contributed by atoms with van der Waals surface area (Å²) in [6.07, 6.45) is 1.52. The van der Waals surface area contributed by atoms with Crippen molar-refractivity contribution in [2.45, 2.75) is 33.2 Å². The number of carboxylic acid groups (broad SMARTS) is 1. The van der Waals surface area contributed by atoms with Crippen LogP contribution >= 0.6 is 0 Å². The average molecular weight is 323 g/mol. The summed E-state index contributed by atoms with van der Waals surface area (Å²) in [5.74, 6) is -0.805. The minimum atomic E-state index is -0.646. The molecule has 2 aromatic rings. The number of nitrogens with zero attached hydrogens (tertiary/aromatic N) is 1. The topological polar surface area (TPSA) is 40.5 Å². The second-order valence-corrected chi connectivity index (χ2v) is 6.96. The Labute approximate surface area is 143 Å². The fourth-order valence-electron chi connectivity index (χ4n) is 3.54. The van der Waals surface area contributed by atoms with E-state index in [-0.39, 0.29) is 5.92 Å². The van der Waals surface area contributed by atoms with Gasteiger partial charge in [-0.05, 0) is 56.5 Å². The average Bonchev–Trinajstić information content (AvgIpc) is 2.55. The molecule has 0 amide bonds. The van der Waals surface area contributed by atoms with Crippen molar-refractivity contribution in [2.75, 3.05) is 13.1 Å². The predicted molar refractivity (Wildman–Crippen MR) is 97.0 cm³/mol. The molecule has 0 bridgehead atoms. The van der Waals surface area contributed by atoms with Crippen LogP contribution in [-0.4, -0.2) is 29.1 Å². The minimum Gasteiger partial charge on any atom is -0.481 e. The molecule has 1 saturated heterocycles. The number of carboxylic acids is 1. The second-order valence-electron chi connectivity index (χ2n) is 6.96. The summed E-state index contributed by atoms with van der Waals surface area (Å²) in [4.78, 5) is 13.4. The normalized spacial score (nSPS) is 16.2. The standard InChI is InChI=1S/C21H25NO2/c1-15-11-16(2)13-20(12-15)18-5-3-17(4-6-18)14-22-9-7-19(8-10-22)21(23)24/h3-6,11-13,19H,7-10,14H2,1-2H3,(H,23,24). The van der Waals surface area contributed by atoms with E-state index < -0.39 is 5.97 Å². The van der Waals surface area contributed by atoms with Crippen LogP contribution in [0.5, 0.6) is 0 Å². The Hall–Kier alpha value is -2.13. The lowest BCUT2D eigenvalue weighted by Gasteiger charge is -2.30. The minimum absolute atomic E-state index is 0.159. The van der Waals surface area contributed by atoms with E-state index in [9.17, 15) is 4.79 Å². The molecule has 0 radical (unpaired) electrons. The Balaban J connectivity index is 1.64. The lowest BCUT2D eigenvalue weighted by atomic mass is 9.96. The molecule has 126 valence electrons. The van der Waals surface area contributed by atoms with Gasteiger partial charge in [0.1, 0.15) is 0 Å². The zero-order valence-electron chi connectivity index (χ0n) is 14.5. The van der Waals surface area contributed by atoms with E-state index in [4.69, 9.17) is 5.11 Å². The number of likely N-dealkylation sites (tertiary alicyclic amines) is 1. The molecular formula is C21H25NO2. The number of aliphatic carboxylic acids is 1. The number of hydrogen-bond donors (Lipinski definition) is 1. The predicted octanol–water partition coefficient (Wildman–Crippen LogP) is 4.27. The van der Waals surface area contributed by atoms with Gasteiger partial charge in [0.15, 0.2) is 0 Å². The van der Waals surface area contributed by atoms with E-state index in [0.717, 1.165) is 32.5 Å². The maximum Gasteiger partial charge on any atom is 0.306 e. The summed E-state index contributed by atoms with van der Waals surface area (Å²) in [5, 5.41) is 9.07. The van der Waals surface area contributed by atoms with Crippen molar-refractivity contribution in [2.24, 2.45) is 5.92 Å². The molecule has 1 aliphatic rings. The second kappa shape index (κ2) is 7.18. The molecular weight excluding hydrogens is 298 g/mol. The first-order valence-corrected chi connectivity index (χ1v) is 8.64. The molecule has 0 aliphatic carbocycles. The van der Waals surface area contributed by atoms with Crippen molar-refractivity contribution in [3.63, 3.8) is 0 Å². The van der Waals surface area contributed by atoms with Crippen LogP contribution in [0.1, 0.15) is 29.5 Å². The van der Waals surface area contributed by atoms with E-state index in [2.05, 4.69) is 61.2 Å². The van der Waals surface area contributed by atoms with Gasteiger partial charge in [-0.25, -0.2) is 0 Å². The third-order valence-electron chi connectivity index (χ3n) is 4.85. The van der Waals surface area contributed by atoms with E-state index in [1.54, 1.807) is 0 Å². The van der Waals surface area contributed by atoms with Crippen molar-refractivity contribution >= 4 is 5.97 Å². The van der Waals surface area contributed by atoms with Gasteiger partial charge in [-0.15, -0.1) is 0 Å². The van der Waals surface area contributed by atoms with Gasteiger partial charge in [0.25, 0.3) is 0 Å². The molecule has 1 heterocycles. The Kier molecular flexibility index (Phi) is 5.00. The number of rotatable bonds is 4. The van der Waals surface area contributed by atoms with E-state index in [1.165, 1.54) is 27.8 Å². The van der Waals surface area contributed by atoms with Crippen molar-refractivity contribution in [3.05, 3.63) is 59.2 Å². The highest BCUT2D eigenvalue weighted by molar-refractivity contribution is 5.70. The van der Waals surface area contributed by atoms with Crippen LogP contribution in [0.15, 0.2) is 42.5 Å². The van der Waals surface area contributed by atoms with E-state index >= 15 is 0 Å². The van der Waals surface area contributed by atoms with Crippen molar-refractivity contribution < 1.29 is 9.90 Å². The summed E-state index contributed by atoms with van der Waals surface area (Å²) >= 11 is 0. The molecule has 0 saturated carbocycles. The van der Waals surface area contributed by atoms with Crippen LogP contribution in [0.25, 0.3) is 11.1 Å². The van der Waals surface area contributed by atoms with E-state index in [1.807, 2.05) is 0 Å². The Morgan fingerprint density at radius 3 is 2.12 bits per heavy atom. The molecule has 3 heteroatoms. The van der Waals surface area contributed by atoms with Gasteiger partial charge in [0, 0.05) is 6.54 Å². The maximum atomic E-state index is 11.0. The molecule has 0 spiro atoms. The van der Waals surface area contributed by atoms with Gasteiger partial charge in [-0.2, -0.15) is 0 Å². The summed E-state index contributed by atoms with van der Waals surface area (Å²) in [7, 11) is 0. The van der Waals surface area contributed by atoms with Crippen LogP contribution in [0.2, 0.25) is 0 Å². The third-order valence-corrected chi connectivity index (χ3v) is 4.85. The number of hydrogen-bond acceptors (Lipinski definition) is 2. The fourth-order valence-corrected chi connectivity index (χ4v) is 3.54. The molecule has 3 nitrogen and oxygen atoms in total. The highest BCUT2D eigenvalue weighted by Crippen LogP contribution is 2.24. The lowest BCUT2D eigenvalue weighted by molar-refractivity contribution is -0.143. The Bertz CT molecular complexity index is 693. The first kappa shape index (κ1) is 16.7. The first-order valence-electron chi connectivity index (χ1n) is 8.64. The molecule has 2 aromatic carbocycles. The molecule has 0 unspecified atom stereocenters.